The molecule has 13 heavy (non-hydrogen) atoms. The first-order chi connectivity index (χ1) is 6.07. The molecule has 0 aliphatic rings. The molecule has 70 valence electrons. The van der Waals surface area contributed by atoms with Gasteiger partial charge in [-0.1, -0.05) is 12.1 Å². The molecule has 0 unspecified atom stereocenters. The summed E-state index contributed by atoms with van der Waals surface area (Å²) in [4.78, 5) is 10.3. The molecule has 0 heterocycles. The van der Waals surface area contributed by atoms with Crippen molar-refractivity contribution in [2.24, 2.45) is 5.73 Å². The van der Waals surface area contributed by atoms with Gasteiger partial charge < -0.3 is 5.73 Å². The van der Waals surface area contributed by atoms with Crippen LogP contribution < -0.4 is 5.73 Å². The maximum atomic E-state index is 10.7. The SMILES string of the molecule is Cc1ccc(CN)c([N+](=O)[O-])c1Br. The molecule has 2 N–H and O–H groups in total. The lowest BCUT2D eigenvalue weighted by Crippen LogP contribution is -2.03. The van der Waals surface area contributed by atoms with Crippen LogP contribution in [0.4, 0.5) is 5.69 Å². The number of aryl methyl sites for hydroxylation is 1. The van der Waals surface area contributed by atoms with Crippen LogP contribution in [0, 0.1) is 17.0 Å². The standard InChI is InChI=1S/C8H9BrN2O2/c1-5-2-3-6(4-10)8(7(5)9)11(12)13/h2-3H,4,10H2,1H3. The molecular formula is C8H9BrN2O2. The number of nitro benzene ring substituents is 1. The molecule has 0 aromatic heterocycles. The molecule has 4 nitrogen and oxygen atoms in total. The summed E-state index contributed by atoms with van der Waals surface area (Å²) < 4.78 is 0.514. The highest BCUT2D eigenvalue weighted by Gasteiger charge is 2.18. The lowest BCUT2D eigenvalue weighted by molar-refractivity contribution is -0.386. The van der Waals surface area contributed by atoms with E-state index in [2.05, 4.69) is 15.9 Å². The van der Waals surface area contributed by atoms with Crippen molar-refractivity contribution >= 4 is 21.6 Å². The van der Waals surface area contributed by atoms with Crippen LogP contribution in [-0.2, 0) is 6.54 Å². The molecular weight excluding hydrogens is 236 g/mol. The van der Waals surface area contributed by atoms with Crippen LogP contribution in [0.1, 0.15) is 11.1 Å². The molecule has 1 aromatic rings. The molecule has 0 atom stereocenters. The van der Waals surface area contributed by atoms with Crippen LogP contribution in [0.3, 0.4) is 0 Å². The number of halogens is 1. The smallest absolute Gasteiger partial charge is 0.288 e. The van der Waals surface area contributed by atoms with Crippen LogP contribution in [0.25, 0.3) is 0 Å². The Kier molecular flexibility index (Phi) is 3.00. The molecule has 1 aromatic carbocycles. The van der Waals surface area contributed by atoms with E-state index >= 15 is 0 Å². The Morgan fingerprint density at radius 3 is 2.69 bits per heavy atom. The molecule has 0 radical (unpaired) electrons. The van der Waals surface area contributed by atoms with Crippen LogP contribution in [-0.4, -0.2) is 4.92 Å². The van der Waals surface area contributed by atoms with E-state index in [1.807, 2.05) is 0 Å². The van der Waals surface area contributed by atoms with Gasteiger partial charge in [-0.2, -0.15) is 0 Å². The van der Waals surface area contributed by atoms with Crippen LogP contribution in [0.2, 0.25) is 0 Å². The summed E-state index contributed by atoms with van der Waals surface area (Å²) in [5.74, 6) is 0. The van der Waals surface area contributed by atoms with Crippen molar-refractivity contribution in [1.29, 1.82) is 0 Å². The van der Waals surface area contributed by atoms with E-state index in [9.17, 15) is 10.1 Å². The fourth-order valence-electron chi connectivity index (χ4n) is 1.07. The minimum absolute atomic E-state index is 0.0718. The van der Waals surface area contributed by atoms with Gasteiger partial charge in [0.25, 0.3) is 5.69 Å². The normalized spacial score (nSPS) is 10.1. The summed E-state index contributed by atoms with van der Waals surface area (Å²) in [6.45, 7) is 1.98. The Morgan fingerprint density at radius 2 is 2.23 bits per heavy atom. The van der Waals surface area contributed by atoms with Gasteiger partial charge in [-0.25, -0.2) is 0 Å². The fourth-order valence-corrected chi connectivity index (χ4v) is 1.60. The lowest BCUT2D eigenvalue weighted by Gasteiger charge is -2.03. The highest BCUT2D eigenvalue weighted by atomic mass is 79.9. The molecule has 0 saturated carbocycles. The average molecular weight is 245 g/mol. The van der Waals surface area contributed by atoms with Crippen molar-refractivity contribution in [1.82, 2.24) is 0 Å². The van der Waals surface area contributed by atoms with Gasteiger partial charge in [0.15, 0.2) is 0 Å². The van der Waals surface area contributed by atoms with Gasteiger partial charge in [0.2, 0.25) is 0 Å². The topological polar surface area (TPSA) is 69.2 Å². The number of rotatable bonds is 2. The second-order valence-corrected chi connectivity index (χ2v) is 3.46. The predicted octanol–water partition coefficient (Wildman–Crippen LogP) is 2.12. The van der Waals surface area contributed by atoms with Crippen LogP contribution >= 0.6 is 15.9 Å². The summed E-state index contributed by atoms with van der Waals surface area (Å²) in [5.41, 5.74) is 6.83. The Hall–Kier alpha value is -0.940. The van der Waals surface area contributed by atoms with Gasteiger partial charge in [-0.3, -0.25) is 10.1 Å². The number of nitrogens with two attached hydrogens (primary N) is 1. The highest BCUT2D eigenvalue weighted by Crippen LogP contribution is 2.31. The average Bonchev–Trinajstić information content (AvgIpc) is 2.08. The third-order valence-electron chi connectivity index (χ3n) is 1.80. The van der Waals surface area contributed by atoms with Crippen LogP contribution in [0.5, 0.6) is 0 Å². The lowest BCUT2D eigenvalue weighted by atomic mass is 10.1. The molecule has 0 bridgehead atoms. The van der Waals surface area contributed by atoms with Crippen molar-refractivity contribution < 1.29 is 4.92 Å². The van der Waals surface area contributed by atoms with Gasteiger partial charge in [-0.15, -0.1) is 0 Å². The van der Waals surface area contributed by atoms with E-state index < -0.39 is 4.92 Å². The summed E-state index contributed by atoms with van der Waals surface area (Å²) in [6.07, 6.45) is 0. The zero-order chi connectivity index (χ0) is 10.0. The summed E-state index contributed by atoms with van der Waals surface area (Å²) in [6, 6.07) is 3.48. The summed E-state index contributed by atoms with van der Waals surface area (Å²) >= 11 is 3.18. The van der Waals surface area contributed by atoms with E-state index in [0.29, 0.717) is 10.0 Å². The minimum atomic E-state index is -0.417. The summed E-state index contributed by atoms with van der Waals surface area (Å²) in [5, 5.41) is 10.7. The van der Waals surface area contributed by atoms with Gasteiger partial charge >= 0.3 is 0 Å². The van der Waals surface area contributed by atoms with Crippen molar-refractivity contribution in [3.63, 3.8) is 0 Å². The zero-order valence-corrected chi connectivity index (χ0v) is 8.67. The molecule has 0 amide bonds. The second-order valence-electron chi connectivity index (χ2n) is 2.67. The Labute approximate surface area is 84.0 Å². The van der Waals surface area contributed by atoms with Gasteiger partial charge in [0.1, 0.15) is 0 Å². The Morgan fingerprint density at radius 1 is 1.62 bits per heavy atom. The largest absolute Gasteiger partial charge is 0.326 e. The quantitative estimate of drug-likeness (QED) is 0.640. The highest BCUT2D eigenvalue weighted by molar-refractivity contribution is 9.10. The van der Waals surface area contributed by atoms with Gasteiger partial charge in [-0.05, 0) is 28.4 Å². The van der Waals surface area contributed by atoms with E-state index in [0.717, 1.165) is 5.56 Å². The predicted molar refractivity (Wildman–Crippen MR) is 53.4 cm³/mol. The fraction of sp³-hybridized carbons (Fsp3) is 0.250. The Balaban J connectivity index is 3.41. The van der Waals surface area contributed by atoms with E-state index in [-0.39, 0.29) is 12.2 Å². The van der Waals surface area contributed by atoms with E-state index in [1.165, 1.54) is 0 Å². The first kappa shape index (κ1) is 10.1. The first-order valence-corrected chi connectivity index (χ1v) is 4.49. The maximum Gasteiger partial charge on any atom is 0.288 e. The zero-order valence-electron chi connectivity index (χ0n) is 7.08. The second kappa shape index (κ2) is 3.85. The number of hydrogen-bond acceptors (Lipinski definition) is 3. The minimum Gasteiger partial charge on any atom is -0.326 e. The Bertz CT molecular complexity index is 352. The van der Waals surface area contributed by atoms with E-state index in [1.54, 1.807) is 19.1 Å². The summed E-state index contributed by atoms with van der Waals surface area (Å²) in [7, 11) is 0. The molecule has 1 rings (SSSR count). The molecule has 5 heteroatoms. The van der Waals surface area contributed by atoms with Gasteiger partial charge in [0, 0.05) is 12.1 Å². The molecule has 0 aliphatic carbocycles. The van der Waals surface area contributed by atoms with Crippen molar-refractivity contribution in [3.8, 4) is 0 Å². The first-order valence-electron chi connectivity index (χ1n) is 3.70. The third-order valence-corrected chi connectivity index (χ3v) is 2.80. The van der Waals surface area contributed by atoms with Gasteiger partial charge in [0.05, 0.1) is 9.40 Å². The maximum absolute atomic E-state index is 10.7. The number of nitrogens with zero attached hydrogens (tertiary/aromatic N) is 1. The molecule has 0 fully saturated rings. The van der Waals surface area contributed by atoms with E-state index in [4.69, 9.17) is 5.73 Å². The molecule has 0 aliphatic heterocycles. The number of hydrogen-bond donors (Lipinski definition) is 1. The monoisotopic (exact) mass is 244 g/mol. The number of nitro groups is 1. The van der Waals surface area contributed by atoms with Crippen molar-refractivity contribution in [2.45, 2.75) is 13.5 Å². The van der Waals surface area contributed by atoms with Crippen LogP contribution in [0.15, 0.2) is 16.6 Å². The van der Waals surface area contributed by atoms with Crippen molar-refractivity contribution in [2.75, 3.05) is 0 Å². The molecule has 0 saturated heterocycles. The van der Waals surface area contributed by atoms with Crippen molar-refractivity contribution in [3.05, 3.63) is 37.8 Å². The molecule has 0 spiro atoms. The number of benzene rings is 1. The third kappa shape index (κ3) is 1.87.